The summed E-state index contributed by atoms with van der Waals surface area (Å²) in [4.78, 5) is 1.72. The smallest absolute Gasteiger partial charge is 0.302 e. The van der Waals surface area contributed by atoms with Crippen molar-refractivity contribution in [2.45, 2.75) is 25.9 Å². The summed E-state index contributed by atoms with van der Waals surface area (Å²) in [7, 11) is 0. The average Bonchev–Trinajstić information content (AvgIpc) is 2.93. The largest absolute Gasteiger partial charge is 0.405 e. The van der Waals surface area contributed by atoms with Gasteiger partial charge in [-0.25, -0.2) is 0 Å². The van der Waals surface area contributed by atoms with Crippen molar-refractivity contribution in [3.63, 3.8) is 0 Å². The van der Waals surface area contributed by atoms with Crippen LogP contribution in [0.2, 0.25) is 0 Å². The second-order valence-electron chi connectivity index (χ2n) is 4.02. The normalized spacial score (nSPS) is 18.9. The Kier molecular flexibility index (Phi) is 3.97. The molecule has 1 unspecified atom stereocenters. The molecule has 1 rings (SSSR count). The van der Waals surface area contributed by atoms with Crippen molar-refractivity contribution in [3.8, 4) is 6.07 Å². The quantitative estimate of drug-likeness (QED) is 0.711. The number of rotatable bonds is 5. The van der Waals surface area contributed by atoms with Crippen molar-refractivity contribution in [2.24, 2.45) is 11.8 Å². The molecule has 5 heteroatoms. The van der Waals surface area contributed by atoms with Crippen molar-refractivity contribution in [2.75, 3.05) is 19.6 Å². The molecule has 0 saturated heterocycles. The van der Waals surface area contributed by atoms with Crippen molar-refractivity contribution < 1.29 is 13.2 Å². The van der Waals surface area contributed by atoms with Crippen LogP contribution in [0.4, 0.5) is 13.2 Å². The van der Waals surface area contributed by atoms with Gasteiger partial charge in [-0.2, -0.15) is 18.4 Å². The van der Waals surface area contributed by atoms with E-state index in [9.17, 15) is 13.2 Å². The molecule has 0 spiro atoms. The minimum absolute atomic E-state index is 0.188. The summed E-state index contributed by atoms with van der Waals surface area (Å²) in [5, 5.41) is 8.46. The third-order valence-electron chi connectivity index (χ3n) is 2.65. The molecule has 86 valence electrons. The molecule has 15 heavy (non-hydrogen) atoms. The predicted octanol–water partition coefficient (Wildman–Crippen LogP) is 2.42. The highest BCUT2D eigenvalue weighted by Crippen LogP contribution is 2.31. The van der Waals surface area contributed by atoms with Gasteiger partial charge in [0, 0.05) is 13.1 Å². The highest BCUT2D eigenvalue weighted by atomic mass is 19.4. The van der Waals surface area contributed by atoms with Gasteiger partial charge in [-0.3, -0.25) is 0 Å². The fourth-order valence-electron chi connectivity index (χ4n) is 1.47. The van der Waals surface area contributed by atoms with Crippen LogP contribution < -0.4 is 0 Å². The van der Waals surface area contributed by atoms with E-state index >= 15 is 0 Å². The molecule has 1 saturated carbocycles. The third kappa shape index (κ3) is 4.08. The van der Waals surface area contributed by atoms with E-state index in [1.54, 1.807) is 4.90 Å². The fraction of sp³-hybridized carbons (Fsp3) is 0.900. The molecule has 0 aromatic carbocycles. The van der Waals surface area contributed by atoms with Gasteiger partial charge in [0.05, 0.1) is 6.07 Å². The SMILES string of the molecule is CCN(CC1CC1)CC(C#N)C(F)(F)F. The molecule has 1 atom stereocenters. The lowest BCUT2D eigenvalue weighted by Crippen LogP contribution is -2.37. The third-order valence-corrected chi connectivity index (χ3v) is 2.65. The Balaban J connectivity index is 2.44. The summed E-state index contributed by atoms with van der Waals surface area (Å²) in [6, 6.07) is 1.33. The second kappa shape index (κ2) is 4.84. The summed E-state index contributed by atoms with van der Waals surface area (Å²) in [6.07, 6.45) is -2.18. The Bertz CT molecular complexity index is 240. The number of hydrogen-bond acceptors (Lipinski definition) is 2. The number of nitriles is 1. The average molecular weight is 220 g/mol. The van der Waals surface area contributed by atoms with Gasteiger partial charge in [0.25, 0.3) is 0 Å². The molecule has 0 radical (unpaired) electrons. The standard InChI is InChI=1S/C10H15F3N2/c1-2-15(6-8-3-4-8)7-9(5-14)10(11,12)13/h8-9H,2-4,6-7H2,1H3. The van der Waals surface area contributed by atoms with Crippen LogP contribution in [0.3, 0.4) is 0 Å². The van der Waals surface area contributed by atoms with Crippen LogP contribution in [-0.2, 0) is 0 Å². The first-order valence-corrected chi connectivity index (χ1v) is 5.16. The van der Waals surface area contributed by atoms with Crippen LogP contribution in [0.5, 0.6) is 0 Å². The van der Waals surface area contributed by atoms with Crippen LogP contribution in [0.25, 0.3) is 0 Å². The molecule has 0 aliphatic heterocycles. The highest BCUT2D eigenvalue weighted by Gasteiger charge is 2.41. The number of nitrogens with zero attached hydrogens (tertiary/aromatic N) is 2. The van der Waals surface area contributed by atoms with E-state index in [2.05, 4.69) is 0 Å². The first kappa shape index (κ1) is 12.3. The Morgan fingerprint density at radius 1 is 1.47 bits per heavy atom. The van der Waals surface area contributed by atoms with Crippen LogP contribution in [0.15, 0.2) is 0 Å². The Hall–Kier alpha value is -0.760. The van der Waals surface area contributed by atoms with Crippen molar-refractivity contribution in [1.82, 2.24) is 4.90 Å². The summed E-state index contributed by atoms with van der Waals surface area (Å²) < 4.78 is 37.0. The zero-order valence-electron chi connectivity index (χ0n) is 8.72. The zero-order chi connectivity index (χ0) is 11.5. The maximum atomic E-state index is 12.3. The van der Waals surface area contributed by atoms with Crippen LogP contribution in [0.1, 0.15) is 19.8 Å². The summed E-state index contributed by atoms with van der Waals surface area (Å²) in [5.41, 5.74) is 0. The molecule has 0 bridgehead atoms. The molecule has 1 aliphatic rings. The zero-order valence-corrected chi connectivity index (χ0v) is 8.72. The molecule has 0 aromatic rings. The molecular formula is C10H15F3N2. The molecule has 0 amide bonds. The first-order valence-electron chi connectivity index (χ1n) is 5.16. The van der Waals surface area contributed by atoms with Crippen LogP contribution in [-0.4, -0.2) is 30.7 Å². The molecule has 0 aromatic heterocycles. The van der Waals surface area contributed by atoms with Gasteiger partial charge in [-0.1, -0.05) is 6.92 Å². The van der Waals surface area contributed by atoms with Gasteiger partial charge >= 0.3 is 6.18 Å². The lowest BCUT2D eigenvalue weighted by atomic mass is 10.1. The van der Waals surface area contributed by atoms with Crippen LogP contribution in [0, 0.1) is 23.2 Å². The lowest BCUT2D eigenvalue weighted by Gasteiger charge is -2.24. The molecule has 0 N–H and O–H groups in total. The summed E-state index contributed by atoms with van der Waals surface area (Å²) in [6.45, 7) is 2.91. The molecule has 1 aliphatic carbocycles. The molecule has 1 fully saturated rings. The maximum absolute atomic E-state index is 12.3. The Morgan fingerprint density at radius 3 is 2.40 bits per heavy atom. The van der Waals surface area contributed by atoms with Gasteiger partial charge in [-0.15, -0.1) is 0 Å². The van der Waals surface area contributed by atoms with Gasteiger partial charge in [0.2, 0.25) is 0 Å². The minimum atomic E-state index is -4.40. The van der Waals surface area contributed by atoms with E-state index in [-0.39, 0.29) is 6.54 Å². The summed E-state index contributed by atoms with van der Waals surface area (Å²) >= 11 is 0. The van der Waals surface area contributed by atoms with Gasteiger partial charge in [0.1, 0.15) is 0 Å². The Morgan fingerprint density at radius 2 is 2.07 bits per heavy atom. The molecule has 0 heterocycles. The number of alkyl halides is 3. The molecule has 2 nitrogen and oxygen atoms in total. The van der Waals surface area contributed by atoms with E-state index in [1.807, 2.05) is 6.92 Å². The van der Waals surface area contributed by atoms with Gasteiger partial charge in [0.15, 0.2) is 5.92 Å². The molecular weight excluding hydrogens is 205 g/mol. The highest BCUT2D eigenvalue weighted by molar-refractivity contribution is 4.91. The van der Waals surface area contributed by atoms with Crippen molar-refractivity contribution in [3.05, 3.63) is 0 Å². The summed E-state index contributed by atoms with van der Waals surface area (Å²) in [5.74, 6) is -1.30. The van der Waals surface area contributed by atoms with Crippen LogP contribution >= 0.6 is 0 Å². The van der Waals surface area contributed by atoms with E-state index in [1.165, 1.54) is 6.07 Å². The van der Waals surface area contributed by atoms with E-state index in [4.69, 9.17) is 5.26 Å². The number of hydrogen-bond donors (Lipinski definition) is 0. The van der Waals surface area contributed by atoms with E-state index < -0.39 is 12.1 Å². The lowest BCUT2D eigenvalue weighted by molar-refractivity contribution is -0.163. The second-order valence-corrected chi connectivity index (χ2v) is 4.02. The van der Waals surface area contributed by atoms with E-state index in [0.29, 0.717) is 19.0 Å². The monoisotopic (exact) mass is 220 g/mol. The Labute approximate surface area is 87.7 Å². The van der Waals surface area contributed by atoms with E-state index in [0.717, 1.165) is 12.8 Å². The van der Waals surface area contributed by atoms with Crippen molar-refractivity contribution >= 4 is 0 Å². The van der Waals surface area contributed by atoms with Gasteiger partial charge in [-0.05, 0) is 25.3 Å². The minimum Gasteiger partial charge on any atom is -0.302 e. The maximum Gasteiger partial charge on any atom is 0.405 e. The van der Waals surface area contributed by atoms with Gasteiger partial charge < -0.3 is 4.90 Å². The fourth-order valence-corrected chi connectivity index (χ4v) is 1.47. The number of halogens is 3. The topological polar surface area (TPSA) is 27.0 Å². The predicted molar refractivity (Wildman–Crippen MR) is 50.0 cm³/mol. The van der Waals surface area contributed by atoms with Crippen molar-refractivity contribution in [1.29, 1.82) is 5.26 Å². The first-order chi connectivity index (χ1) is 6.97.